The summed E-state index contributed by atoms with van der Waals surface area (Å²) >= 11 is 0. The van der Waals surface area contributed by atoms with E-state index >= 15 is 0 Å². The summed E-state index contributed by atoms with van der Waals surface area (Å²) in [5.74, 6) is 0. The van der Waals surface area contributed by atoms with Gasteiger partial charge in [0.2, 0.25) is 0 Å². The van der Waals surface area contributed by atoms with Crippen LogP contribution in [0.25, 0.3) is 22.1 Å². The third kappa shape index (κ3) is 1.96. The van der Waals surface area contributed by atoms with Crippen molar-refractivity contribution in [2.45, 2.75) is 13.8 Å². The minimum absolute atomic E-state index is 1.23. The molecule has 0 saturated carbocycles. The molecule has 0 unspecified atom stereocenters. The van der Waals surface area contributed by atoms with Crippen LogP contribution in [0.2, 0.25) is 0 Å². The van der Waals surface area contributed by atoms with E-state index in [-0.39, 0.29) is 0 Å². The summed E-state index contributed by atoms with van der Waals surface area (Å²) in [6.07, 6.45) is 8.42. The molecular weight excluding hydrogens is 268 g/mol. The monoisotopic (exact) mass is 286 g/mol. The molecule has 0 bridgehead atoms. The zero-order chi connectivity index (χ0) is 15.1. The highest BCUT2D eigenvalue weighted by Crippen LogP contribution is 2.32. The maximum Gasteiger partial charge on any atom is 0.0558 e. The number of fused-ring (bicyclic) bond motifs is 1. The van der Waals surface area contributed by atoms with Gasteiger partial charge in [-0.3, -0.25) is 0 Å². The molecule has 4 rings (SSSR count). The highest BCUT2D eigenvalue weighted by atomic mass is 15.0. The minimum atomic E-state index is 1.23. The largest absolute Gasteiger partial charge is 0.323 e. The molecule has 0 radical (unpaired) electrons. The molecule has 2 heterocycles. The molecule has 2 heteroatoms. The molecule has 0 aliphatic heterocycles. The fraction of sp³-hybridized carbons (Fsp3) is 0.100. The lowest BCUT2D eigenvalue weighted by Crippen LogP contribution is -2.00. The second-order valence-electron chi connectivity index (χ2n) is 5.79. The summed E-state index contributed by atoms with van der Waals surface area (Å²) in [5, 5.41) is 2.57. The Balaban J connectivity index is 2.12. The molecule has 22 heavy (non-hydrogen) atoms. The van der Waals surface area contributed by atoms with Crippen molar-refractivity contribution in [1.82, 2.24) is 9.13 Å². The average Bonchev–Trinajstić information content (AvgIpc) is 3.20. The van der Waals surface area contributed by atoms with Crippen LogP contribution < -0.4 is 0 Å². The van der Waals surface area contributed by atoms with Crippen LogP contribution >= 0.6 is 0 Å². The molecule has 0 amide bonds. The molecule has 0 N–H and O–H groups in total. The van der Waals surface area contributed by atoms with Crippen LogP contribution in [-0.2, 0) is 0 Å². The lowest BCUT2D eigenvalue weighted by atomic mass is 10.00. The van der Waals surface area contributed by atoms with Crippen LogP contribution in [0.1, 0.15) is 11.1 Å². The van der Waals surface area contributed by atoms with E-state index in [0.29, 0.717) is 0 Å². The zero-order valence-corrected chi connectivity index (χ0v) is 12.8. The standard InChI is InChI=1S/C20H18N2/c1-15-7-8-17-18(13-15)19(21-9-3-4-10-21)14-16(2)20(17)22-11-5-6-12-22/h3-14H,1-2H3. The zero-order valence-electron chi connectivity index (χ0n) is 12.8. The Hall–Kier alpha value is -2.74. The maximum absolute atomic E-state index is 2.27. The smallest absolute Gasteiger partial charge is 0.0558 e. The summed E-state index contributed by atoms with van der Waals surface area (Å²) in [4.78, 5) is 0. The average molecular weight is 286 g/mol. The Bertz CT molecular complexity index is 930. The quantitative estimate of drug-likeness (QED) is 0.488. The van der Waals surface area contributed by atoms with E-state index in [4.69, 9.17) is 0 Å². The maximum atomic E-state index is 2.27. The van der Waals surface area contributed by atoms with Crippen molar-refractivity contribution in [3.63, 3.8) is 0 Å². The van der Waals surface area contributed by atoms with Gasteiger partial charge in [-0.2, -0.15) is 0 Å². The van der Waals surface area contributed by atoms with Gasteiger partial charge in [-0.15, -0.1) is 0 Å². The third-order valence-corrected chi connectivity index (χ3v) is 4.18. The molecule has 108 valence electrons. The van der Waals surface area contributed by atoms with Crippen LogP contribution in [0.5, 0.6) is 0 Å². The second-order valence-corrected chi connectivity index (χ2v) is 5.79. The number of hydrogen-bond donors (Lipinski definition) is 0. The molecule has 0 saturated heterocycles. The Morgan fingerprint density at radius 2 is 1.32 bits per heavy atom. The van der Waals surface area contributed by atoms with E-state index in [2.05, 4.69) is 96.3 Å². The van der Waals surface area contributed by atoms with Crippen molar-refractivity contribution in [3.8, 4) is 11.4 Å². The van der Waals surface area contributed by atoms with Crippen LogP contribution in [0.4, 0.5) is 0 Å². The topological polar surface area (TPSA) is 9.86 Å². The molecule has 4 aromatic rings. The normalized spacial score (nSPS) is 11.2. The Morgan fingerprint density at radius 3 is 2.00 bits per heavy atom. The summed E-state index contributed by atoms with van der Waals surface area (Å²) in [7, 11) is 0. The molecule has 0 aliphatic carbocycles. The molecule has 2 aromatic carbocycles. The van der Waals surface area contributed by atoms with Crippen molar-refractivity contribution in [2.75, 3.05) is 0 Å². The van der Waals surface area contributed by atoms with E-state index in [0.717, 1.165) is 0 Å². The van der Waals surface area contributed by atoms with Gasteiger partial charge in [-0.1, -0.05) is 17.7 Å². The molecule has 0 fully saturated rings. The molecule has 0 aliphatic rings. The van der Waals surface area contributed by atoms with E-state index in [1.165, 1.54) is 33.3 Å². The van der Waals surface area contributed by atoms with E-state index in [1.54, 1.807) is 0 Å². The van der Waals surface area contributed by atoms with Crippen LogP contribution in [-0.4, -0.2) is 9.13 Å². The van der Waals surface area contributed by atoms with Crippen molar-refractivity contribution in [3.05, 3.63) is 84.4 Å². The van der Waals surface area contributed by atoms with Gasteiger partial charge in [0.15, 0.2) is 0 Å². The molecule has 0 atom stereocenters. The van der Waals surface area contributed by atoms with E-state index in [1.807, 2.05) is 0 Å². The number of rotatable bonds is 2. The van der Waals surface area contributed by atoms with Crippen molar-refractivity contribution in [1.29, 1.82) is 0 Å². The molecule has 0 spiro atoms. The summed E-state index contributed by atoms with van der Waals surface area (Å²) in [5.41, 5.74) is 5.05. The lowest BCUT2D eigenvalue weighted by Gasteiger charge is -2.17. The van der Waals surface area contributed by atoms with Crippen LogP contribution in [0.3, 0.4) is 0 Å². The number of nitrogens with zero attached hydrogens (tertiary/aromatic N) is 2. The summed E-state index contributed by atoms with van der Waals surface area (Å²) < 4.78 is 4.39. The van der Waals surface area contributed by atoms with Gasteiger partial charge in [0.1, 0.15) is 0 Å². The Labute approximate surface area is 130 Å². The second kappa shape index (κ2) is 4.92. The highest BCUT2D eigenvalue weighted by molar-refractivity contribution is 5.98. The van der Waals surface area contributed by atoms with Gasteiger partial charge >= 0.3 is 0 Å². The molecule has 2 aromatic heterocycles. The summed E-state index contributed by atoms with van der Waals surface area (Å²) in [6.45, 7) is 4.33. The SMILES string of the molecule is Cc1ccc2c(-n3cccc3)c(C)cc(-n3cccc3)c2c1. The van der Waals surface area contributed by atoms with Gasteiger partial charge in [0, 0.05) is 35.6 Å². The number of aryl methyl sites for hydroxylation is 2. The van der Waals surface area contributed by atoms with Gasteiger partial charge in [-0.05, 0) is 55.8 Å². The van der Waals surface area contributed by atoms with Crippen LogP contribution in [0.15, 0.2) is 73.3 Å². The van der Waals surface area contributed by atoms with Crippen molar-refractivity contribution < 1.29 is 0 Å². The van der Waals surface area contributed by atoms with Gasteiger partial charge in [-0.25, -0.2) is 0 Å². The fourth-order valence-corrected chi connectivity index (χ4v) is 3.18. The van der Waals surface area contributed by atoms with E-state index < -0.39 is 0 Å². The first kappa shape index (κ1) is 13.0. The number of benzene rings is 2. The first-order valence-corrected chi connectivity index (χ1v) is 7.55. The van der Waals surface area contributed by atoms with Gasteiger partial charge in [0.25, 0.3) is 0 Å². The number of hydrogen-bond acceptors (Lipinski definition) is 0. The van der Waals surface area contributed by atoms with Gasteiger partial charge < -0.3 is 9.13 Å². The molecular formula is C20H18N2. The first-order chi connectivity index (χ1) is 10.7. The van der Waals surface area contributed by atoms with E-state index in [9.17, 15) is 0 Å². The Morgan fingerprint density at radius 1 is 0.682 bits per heavy atom. The third-order valence-electron chi connectivity index (χ3n) is 4.18. The summed E-state index contributed by atoms with van der Waals surface area (Å²) in [6, 6.07) is 17.2. The van der Waals surface area contributed by atoms with Crippen LogP contribution in [0, 0.1) is 13.8 Å². The predicted octanol–water partition coefficient (Wildman–Crippen LogP) is 5.04. The number of aromatic nitrogens is 2. The minimum Gasteiger partial charge on any atom is -0.323 e. The van der Waals surface area contributed by atoms with Gasteiger partial charge in [0.05, 0.1) is 11.4 Å². The van der Waals surface area contributed by atoms with Crippen molar-refractivity contribution >= 4 is 10.8 Å². The highest BCUT2D eigenvalue weighted by Gasteiger charge is 2.12. The molecule has 2 nitrogen and oxygen atoms in total. The Kier molecular flexibility index (Phi) is 2.90. The fourth-order valence-electron chi connectivity index (χ4n) is 3.18. The first-order valence-electron chi connectivity index (χ1n) is 7.55. The predicted molar refractivity (Wildman–Crippen MR) is 92.1 cm³/mol. The lowest BCUT2D eigenvalue weighted by molar-refractivity contribution is 1.05. The van der Waals surface area contributed by atoms with Crippen molar-refractivity contribution in [2.24, 2.45) is 0 Å².